The van der Waals surface area contributed by atoms with Gasteiger partial charge in [-0.25, -0.2) is 9.36 Å². The van der Waals surface area contributed by atoms with Crippen LogP contribution in [0.25, 0.3) is 11.1 Å². The van der Waals surface area contributed by atoms with E-state index in [0.717, 1.165) is 14.5 Å². The Morgan fingerprint density at radius 2 is 1.63 bits per heavy atom. The van der Waals surface area contributed by atoms with E-state index >= 15 is 0 Å². The number of carbonyl (C=O) groups excluding carboxylic acids is 1. The number of hydrogen-bond donors (Lipinski definition) is 1. The van der Waals surface area contributed by atoms with Crippen LogP contribution >= 0.6 is 0 Å². The molecule has 138 valence electrons. The molecule has 2 aromatic heterocycles. The Hall–Kier alpha value is -2.97. The Bertz CT molecular complexity index is 1340. The zero-order valence-corrected chi connectivity index (χ0v) is 15.7. The monoisotopic (exact) mass is 384 g/mol. The fourth-order valence-electron chi connectivity index (χ4n) is 3.85. The van der Waals surface area contributed by atoms with Crippen LogP contribution in [-0.4, -0.2) is 27.8 Å². The molecule has 0 radical (unpaired) electrons. The van der Waals surface area contributed by atoms with Crippen LogP contribution in [0.15, 0.2) is 51.7 Å². The van der Waals surface area contributed by atoms with Crippen molar-refractivity contribution in [2.75, 3.05) is 0 Å². The lowest BCUT2D eigenvalue weighted by molar-refractivity contribution is 0.0955. The zero-order valence-electron chi connectivity index (χ0n) is 14.8. The minimum Gasteiger partial charge on any atom is -0.282 e. The third kappa shape index (κ3) is 2.27. The maximum Gasteiger partial charge on any atom is 0.340 e. The van der Waals surface area contributed by atoms with E-state index in [2.05, 4.69) is 0 Å². The highest BCUT2D eigenvalue weighted by Gasteiger charge is 2.32. The van der Waals surface area contributed by atoms with Gasteiger partial charge < -0.3 is 0 Å². The molecule has 7 nitrogen and oxygen atoms in total. The van der Waals surface area contributed by atoms with Crippen LogP contribution in [0.3, 0.4) is 0 Å². The van der Waals surface area contributed by atoms with Gasteiger partial charge in [-0.05, 0) is 38.0 Å². The first-order valence-electron chi connectivity index (χ1n) is 8.21. The van der Waals surface area contributed by atoms with Crippen molar-refractivity contribution in [1.82, 2.24) is 8.97 Å². The molecule has 3 aromatic rings. The number of carbonyl (C=O) groups is 1. The summed E-state index contributed by atoms with van der Waals surface area (Å²) in [5.74, 6) is -0.449. The van der Waals surface area contributed by atoms with E-state index in [1.54, 1.807) is 13.0 Å². The Labute approximate surface area is 154 Å². The smallest absolute Gasteiger partial charge is 0.282 e. The molecule has 0 bridgehead atoms. The van der Waals surface area contributed by atoms with Gasteiger partial charge in [0.1, 0.15) is 4.90 Å². The Kier molecular flexibility index (Phi) is 3.56. The molecule has 1 aliphatic rings. The number of rotatable bonds is 2. The largest absolute Gasteiger partial charge is 0.340 e. The summed E-state index contributed by atoms with van der Waals surface area (Å²) < 4.78 is 35.3. The summed E-state index contributed by atoms with van der Waals surface area (Å²) in [5.41, 5.74) is 2.28. The second-order valence-corrected chi connectivity index (χ2v) is 7.91. The SMILES string of the molecule is CC1=C(c2ccccc2)c2cc3c(C)c(S(=O)(=O)O)c(C)n3c(=O)n2C1=O. The van der Waals surface area contributed by atoms with Crippen LogP contribution in [-0.2, 0) is 10.1 Å². The first-order chi connectivity index (χ1) is 12.6. The molecule has 1 aliphatic heterocycles. The summed E-state index contributed by atoms with van der Waals surface area (Å²) in [4.78, 5) is 25.5. The first kappa shape index (κ1) is 17.4. The van der Waals surface area contributed by atoms with Crippen molar-refractivity contribution in [2.45, 2.75) is 25.7 Å². The minimum atomic E-state index is -4.51. The molecule has 3 heterocycles. The van der Waals surface area contributed by atoms with Gasteiger partial charge in [-0.3, -0.25) is 13.7 Å². The average molecular weight is 384 g/mol. The zero-order chi connectivity index (χ0) is 19.7. The summed E-state index contributed by atoms with van der Waals surface area (Å²) in [6, 6.07) is 10.8. The number of fused-ring (bicyclic) bond motifs is 2. The van der Waals surface area contributed by atoms with Crippen LogP contribution in [0.5, 0.6) is 0 Å². The van der Waals surface area contributed by atoms with Crippen molar-refractivity contribution in [3.05, 3.63) is 75.0 Å². The fraction of sp³-hybridized carbons (Fsp3) is 0.158. The molecule has 0 saturated heterocycles. The van der Waals surface area contributed by atoms with E-state index in [4.69, 9.17) is 0 Å². The predicted octanol–water partition coefficient (Wildman–Crippen LogP) is 2.44. The van der Waals surface area contributed by atoms with E-state index < -0.39 is 21.7 Å². The molecule has 0 fully saturated rings. The standard InChI is InChI=1S/C19H16N2O5S/c1-10-14-9-15-16(13-7-5-4-6-8-13)11(2)18(22)21(15)19(23)20(14)12(3)17(10)27(24,25)26/h4-9H,1-3H3,(H,24,25,26). The second-order valence-electron chi connectivity index (χ2n) is 6.55. The lowest BCUT2D eigenvalue weighted by Crippen LogP contribution is -2.31. The number of aryl methyl sites for hydroxylation is 2. The highest BCUT2D eigenvalue weighted by atomic mass is 32.2. The third-order valence-electron chi connectivity index (χ3n) is 5.00. The van der Waals surface area contributed by atoms with E-state index in [-0.39, 0.29) is 16.2 Å². The van der Waals surface area contributed by atoms with E-state index in [1.165, 1.54) is 13.8 Å². The molecular formula is C19H16N2O5S. The highest BCUT2D eigenvalue weighted by Crippen LogP contribution is 2.34. The molecular weight excluding hydrogens is 368 g/mol. The lowest BCUT2D eigenvalue weighted by Gasteiger charge is -2.08. The molecule has 4 rings (SSSR count). The molecule has 0 aliphatic carbocycles. The maximum absolute atomic E-state index is 13.1. The van der Waals surface area contributed by atoms with Crippen LogP contribution in [0.2, 0.25) is 0 Å². The van der Waals surface area contributed by atoms with Gasteiger partial charge in [0, 0.05) is 16.8 Å². The van der Waals surface area contributed by atoms with Gasteiger partial charge in [0.05, 0.1) is 11.2 Å². The van der Waals surface area contributed by atoms with Crippen LogP contribution in [0.1, 0.15) is 34.2 Å². The lowest BCUT2D eigenvalue weighted by atomic mass is 9.99. The van der Waals surface area contributed by atoms with Gasteiger partial charge in [-0.1, -0.05) is 30.3 Å². The number of allylic oxidation sites excluding steroid dienone is 1. The quantitative estimate of drug-likeness (QED) is 0.685. The summed E-state index contributed by atoms with van der Waals surface area (Å²) in [5, 5.41) is 0. The van der Waals surface area contributed by atoms with Crippen molar-refractivity contribution < 1.29 is 17.8 Å². The highest BCUT2D eigenvalue weighted by molar-refractivity contribution is 7.86. The normalized spacial score (nSPS) is 14.3. The molecule has 0 atom stereocenters. The van der Waals surface area contributed by atoms with Gasteiger partial charge in [0.25, 0.3) is 16.0 Å². The molecule has 8 heteroatoms. The maximum atomic E-state index is 13.1. The topological polar surface area (TPSA) is 97.8 Å². The average Bonchev–Trinajstić information content (AvgIpc) is 3.00. The predicted molar refractivity (Wildman–Crippen MR) is 99.7 cm³/mol. The van der Waals surface area contributed by atoms with Crippen LogP contribution in [0.4, 0.5) is 0 Å². The van der Waals surface area contributed by atoms with Gasteiger partial charge in [0.2, 0.25) is 0 Å². The summed E-state index contributed by atoms with van der Waals surface area (Å²) in [6.45, 7) is 4.61. The van der Waals surface area contributed by atoms with Gasteiger partial charge in [-0.15, -0.1) is 0 Å². The Balaban J connectivity index is 2.16. The van der Waals surface area contributed by atoms with Crippen LogP contribution in [0, 0.1) is 13.8 Å². The molecule has 0 unspecified atom stereocenters. The second kappa shape index (κ2) is 5.51. The molecule has 0 amide bonds. The molecule has 1 N–H and O–H groups in total. The molecule has 27 heavy (non-hydrogen) atoms. The van der Waals surface area contributed by atoms with Crippen molar-refractivity contribution in [1.29, 1.82) is 0 Å². The summed E-state index contributed by atoms with van der Waals surface area (Å²) in [6.07, 6.45) is 0. The Morgan fingerprint density at radius 3 is 2.22 bits per heavy atom. The number of hydrogen-bond acceptors (Lipinski definition) is 4. The third-order valence-corrected chi connectivity index (χ3v) is 6.12. The van der Waals surface area contributed by atoms with Crippen molar-refractivity contribution in [2.24, 2.45) is 0 Å². The molecule has 1 aromatic carbocycles. The molecule has 0 spiro atoms. The summed E-state index contributed by atoms with van der Waals surface area (Å²) >= 11 is 0. The summed E-state index contributed by atoms with van der Waals surface area (Å²) in [7, 11) is -4.51. The van der Waals surface area contributed by atoms with E-state index in [9.17, 15) is 22.6 Å². The minimum absolute atomic E-state index is 0.0731. The fourth-order valence-corrected chi connectivity index (χ4v) is 4.81. The van der Waals surface area contributed by atoms with Crippen LogP contribution < -0.4 is 5.69 Å². The van der Waals surface area contributed by atoms with Gasteiger partial charge >= 0.3 is 5.69 Å². The number of benzene rings is 1. The van der Waals surface area contributed by atoms with Crippen molar-refractivity contribution in [3.8, 4) is 0 Å². The van der Waals surface area contributed by atoms with Crippen molar-refractivity contribution >= 4 is 27.1 Å². The van der Waals surface area contributed by atoms with E-state index in [0.29, 0.717) is 22.4 Å². The first-order valence-corrected chi connectivity index (χ1v) is 9.65. The van der Waals surface area contributed by atoms with Gasteiger partial charge in [0.15, 0.2) is 0 Å². The van der Waals surface area contributed by atoms with Crippen molar-refractivity contribution in [3.63, 3.8) is 0 Å². The number of nitrogens with zero attached hydrogens (tertiary/aromatic N) is 2. The van der Waals surface area contributed by atoms with E-state index in [1.807, 2.05) is 30.3 Å². The number of aromatic nitrogens is 2. The Morgan fingerprint density at radius 1 is 1.00 bits per heavy atom. The molecule has 0 saturated carbocycles. The van der Waals surface area contributed by atoms with Gasteiger partial charge in [-0.2, -0.15) is 8.42 Å².